The van der Waals surface area contributed by atoms with Gasteiger partial charge in [0.15, 0.2) is 6.61 Å². The van der Waals surface area contributed by atoms with Crippen molar-refractivity contribution >= 4 is 40.2 Å². The fourth-order valence-corrected chi connectivity index (χ4v) is 4.02. The van der Waals surface area contributed by atoms with Gasteiger partial charge in [-0.15, -0.1) is 22.7 Å². The van der Waals surface area contributed by atoms with E-state index >= 15 is 0 Å². The van der Waals surface area contributed by atoms with Crippen molar-refractivity contribution in [2.24, 2.45) is 0 Å². The Kier molecular flexibility index (Phi) is 5.80. The van der Waals surface area contributed by atoms with Crippen molar-refractivity contribution in [3.8, 4) is 9.88 Å². The van der Waals surface area contributed by atoms with E-state index in [1.54, 1.807) is 6.92 Å². The van der Waals surface area contributed by atoms with Crippen LogP contribution in [-0.2, 0) is 15.7 Å². The average molecular weight is 426 g/mol. The summed E-state index contributed by atoms with van der Waals surface area (Å²) < 4.78 is 43.1. The molecule has 0 fully saturated rings. The highest BCUT2D eigenvalue weighted by Crippen LogP contribution is 2.32. The molecular weight excluding hydrogens is 413 g/mol. The summed E-state index contributed by atoms with van der Waals surface area (Å²) in [6, 6.07) is 7.94. The Morgan fingerprint density at radius 3 is 2.68 bits per heavy atom. The van der Waals surface area contributed by atoms with Gasteiger partial charge in [0, 0.05) is 5.69 Å². The summed E-state index contributed by atoms with van der Waals surface area (Å²) in [5, 5.41) is 4.84. The van der Waals surface area contributed by atoms with E-state index in [4.69, 9.17) is 4.74 Å². The van der Waals surface area contributed by atoms with Gasteiger partial charge in [-0.1, -0.05) is 12.1 Å². The number of rotatable bonds is 5. The SMILES string of the molecule is Cc1nc(-c2cccs2)sc1C(=O)OCC(=O)Nc1cccc(C(F)(F)F)c1. The van der Waals surface area contributed by atoms with Crippen molar-refractivity contribution in [2.75, 3.05) is 11.9 Å². The van der Waals surface area contributed by atoms with E-state index in [0.717, 1.165) is 28.3 Å². The third-order valence-corrected chi connectivity index (χ3v) is 5.70. The second kappa shape index (κ2) is 8.11. The van der Waals surface area contributed by atoms with E-state index in [0.29, 0.717) is 10.7 Å². The first-order valence-corrected chi connectivity index (χ1v) is 9.59. The number of carbonyl (C=O) groups is 2. The Balaban J connectivity index is 1.60. The standard InChI is InChI=1S/C18H13F3N2O3S2/c1-10-15(28-16(22-10)13-6-3-7-27-13)17(25)26-9-14(24)23-12-5-2-4-11(8-12)18(19,20)21/h2-8H,9H2,1H3,(H,23,24). The molecule has 5 nitrogen and oxygen atoms in total. The maximum atomic E-state index is 12.7. The van der Waals surface area contributed by atoms with Crippen molar-refractivity contribution in [1.82, 2.24) is 4.98 Å². The van der Waals surface area contributed by atoms with Gasteiger partial charge in [0.2, 0.25) is 0 Å². The number of amides is 1. The number of anilines is 1. The fraction of sp³-hybridized carbons (Fsp3) is 0.167. The molecule has 2 aromatic heterocycles. The molecule has 146 valence electrons. The number of thiophene rings is 1. The number of nitrogens with zero attached hydrogens (tertiary/aromatic N) is 1. The number of carbonyl (C=O) groups excluding carboxylic acids is 2. The molecule has 0 aliphatic rings. The first-order chi connectivity index (χ1) is 13.2. The Hall–Kier alpha value is -2.72. The molecule has 1 amide bonds. The molecule has 28 heavy (non-hydrogen) atoms. The largest absolute Gasteiger partial charge is 0.451 e. The number of aromatic nitrogens is 1. The first-order valence-electron chi connectivity index (χ1n) is 7.89. The van der Waals surface area contributed by atoms with Crippen LogP contribution in [0.1, 0.15) is 20.9 Å². The number of esters is 1. The molecule has 0 aliphatic carbocycles. The van der Waals surface area contributed by atoms with Gasteiger partial charge in [0.1, 0.15) is 9.88 Å². The number of halogens is 3. The molecule has 0 aliphatic heterocycles. The van der Waals surface area contributed by atoms with Crippen molar-refractivity contribution < 1.29 is 27.5 Å². The predicted octanol–water partition coefficient (Wildman–Crippen LogP) is 4.99. The molecule has 0 spiro atoms. The van der Waals surface area contributed by atoms with Crippen LogP contribution in [0.4, 0.5) is 18.9 Å². The van der Waals surface area contributed by atoms with Gasteiger partial charge in [-0.2, -0.15) is 13.2 Å². The molecule has 1 N–H and O–H groups in total. The molecule has 3 rings (SSSR count). The van der Waals surface area contributed by atoms with Gasteiger partial charge >= 0.3 is 12.1 Å². The number of hydrogen-bond donors (Lipinski definition) is 1. The average Bonchev–Trinajstić information content (AvgIpc) is 3.29. The van der Waals surface area contributed by atoms with Crippen LogP contribution in [0.5, 0.6) is 0 Å². The summed E-state index contributed by atoms with van der Waals surface area (Å²) >= 11 is 2.64. The zero-order valence-corrected chi connectivity index (χ0v) is 16.0. The zero-order valence-electron chi connectivity index (χ0n) is 14.4. The first kappa shape index (κ1) is 20.0. The highest BCUT2D eigenvalue weighted by molar-refractivity contribution is 7.22. The lowest BCUT2D eigenvalue weighted by atomic mass is 10.2. The minimum absolute atomic E-state index is 0.0372. The number of aryl methyl sites for hydroxylation is 1. The highest BCUT2D eigenvalue weighted by atomic mass is 32.1. The van der Waals surface area contributed by atoms with E-state index in [1.165, 1.54) is 23.5 Å². The third-order valence-electron chi connectivity index (χ3n) is 3.52. The fourth-order valence-electron chi connectivity index (χ4n) is 2.26. The van der Waals surface area contributed by atoms with Gasteiger partial charge in [-0.25, -0.2) is 9.78 Å². The minimum atomic E-state index is -4.52. The number of nitrogens with one attached hydrogen (secondary N) is 1. The van der Waals surface area contributed by atoms with Gasteiger partial charge in [-0.3, -0.25) is 4.79 Å². The molecule has 0 bridgehead atoms. The van der Waals surface area contributed by atoms with Crippen molar-refractivity contribution in [2.45, 2.75) is 13.1 Å². The maximum Gasteiger partial charge on any atom is 0.416 e. The monoisotopic (exact) mass is 426 g/mol. The van der Waals surface area contributed by atoms with Crippen LogP contribution >= 0.6 is 22.7 Å². The third kappa shape index (κ3) is 4.76. The number of ether oxygens (including phenoxy) is 1. The van der Waals surface area contributed by atoms with Crippen LogP contribution < -0.4 is 5.32 Å². The van der Waals surface area contributed by atoms with E-state index in [2.05, 4.69) is 10.3 Å². The van der Waals surface area contributed by atoms with Crippen LogP contribution in [0.15, 0.2) is 41.8 Å². The Morgan fingerprint density at radius 1 is 1.21 bits per heavy atom. The van der Waals surface area contributed by atoms with Crippen LogP contribution in [0.2, 0.25) is 0 Å². The lowest BCUT2D eigenvalue weighted by Crippen LogP contribution is -2.21. The normalized spacial score (nSPS) is 11.3. The number of thiazole rings is 1. The Labute approximate surface area is 165 Å². The number of hydrogen-bond acceptors (Lipinski definition) is 6. The molecule has 0 atom stereocenters. The molecule has 0 radical (unpaired) electrons. The highest BCUT2D eigenvalue weighted by Gasteiger charge is 2.30. The molecular formula is C18H13F3N2O3S2. The zero-order chi connectivity index (χ0) is 20.3. The van der Waals surface area contributed by atoms with E-state index in [9.17, 15) is 22.8 Å². The van der Waals surface area contributed by atoms with E-state index in [-0.39, 0.29) is 10.6 Å². The number of benzene rings is 1. The molecule has 0 saturated carbocycles. The van der Waals surface area contributed by atoms with Crippen molar-refractivity contribution in [3.63, 3.8) is 0 Å². The lowest BCUT2D eigenvalue weighted by Gasteiger charge is -2.10. The summed E-state index contributed by atoms with van der Waals surface area (Å²) in [4.78, 5) is 29.6. The molecule has 2 heterocycles. The van der Waals surface area contributed by atoms with E-state index in [1.807, 2.05) is 17.5 Å². The van der Waals surface area contributed by atoms with Crippen LogP contribution in [0.25, 0.3) is 9.88 Å². The van der Waals surface area contributed by atoms with Crippen molar-refractivity contribution in [1.29, 1.82) is 0 Å². The Bertz CT molecular complexity index is 998. The summed E-state index contributed by atoms with van der Waals surface area (Å²) in [7, 11) is 0. The maximum absolute atomic E-state index is 12.7. The topological polar surface area (TPSA) is 68.3 Å². The molecule has 0 unspecified atom stereocenters. The summed E-state index contributed by atoms with van der Waals surface area (Å²) in [5.74, 6) is -1.45. The van der Waals surface area contributed by atoms with Gasteiger partial charge < -0.3 is 10.1 Å². The van der Waals surface area contributed by atoms with E-state index < -0.39 is 30.2 Å². The molecule has 3 aromatic rings. The van der Waals surface area contributed by atoms with Gasteiger partial charge in [-0.05, 0) is 36.6 Å². The quantitative estimate of drug-likeness (QED) is 0.584. The molecule has 10 heteroatoms. The summed E-state index contributed by atoms with van der Waals surface area (Å²) in [5.41, 5.74) is -0.440. The molecule has 1 aromatic carbocycles. The minimum Gasteiger partial charge on any atom is -0.451 e. The summed E-state index contributed by atoms with van der Waals surface area (Å²) in [6.07, 6.45) is -4.52. The number of alkyl halides is 3. The van der Waals surface area contributed by atoms with Crippen LogP contribution in [0.3, 0.4) is 0 Å². The lowest BCUT2D eigenvalue weighted by molar-refractivity contribution is -0.137. The van der Waals surface area contributed by atoms with Gasteiger partial charge in [0.05, 0.1) is 16.1 Å². The van der Waals surface area contributed by atoms with Crippen LogP contribution in [0, 0.1) is 6.92 Å². The smallest absolute Gasteiger partial charge is 0.416 e. The van der Waals surface area contributed by atoms with Gasteiger partial charge in [0.25, 0.3) is 5.91 Å². The second-order valence-corrected chi connectivity index (χ2v) is 7.56. The van der Waals surface area contributed by atoms with Crippen LogP contribution in [-0.4, -0.2) is 23.5 Å². The summed E-state index contributed by atoms with van der Waals surface area (Å²) in [6.45, 7) is 1.04. The van der Waals surface area contributed by atoms with Crippen molar-refractivity contribution in [3.05, 3.63) is 57.9 Å². The predicted molar refractivity (Wildman–Crippen MR) is 101 cm³/mol. The second-order valence-electron chi connectivity index (χ2n) is 5.61. The molecule has 0 saturated heterocycles. The Morgan fingerprint density at radius 2 is 2.00 bits per heavy atom.